The molecule has 1 unspecified atom stereocenters. The molecule has 1 N–H and O–H groups in total. The molecule has 0 spiro atoms. The Labute approximate surface area is 164 Å². The third-order valence-electron chi connectivity index (χ3n) is 5.17. The molecule has 7 nitrogen and oxygen atoms in total. The Morgan fingerprint density at radius 3 is 2.63 bits per heavy atom. The van der Waals surface area contributed by atoms with E-state index in [0.717, 1.165) is 12.5 Å². The van der Waals surface area contributed by atoms with Gasteiger partial charge in [0.2, 0.25) is 6.39 Å². The molecule has 0 saturated carbocycles. The van der Waals surface area contributed by atoms with Crippen molar-refractivity contribution >= 4 is 16.7 Å². The minimum atomic E-state index is -5.74. The summed E-state index contributed by atoms with van der Waals surface area (Å²) in [5, 5.41) is 10.1. The molecule has 1 atom stereocenters. The predicted molar refractivity (Wildman–Crippen MR) is 94.0 cm³/mol. The summed E-state index contributed by atoms with van der Waals surface area (Å²) >= 11 is 0. The maximum Gasteiger partial charge on any atom is 0.458 e. The molecule has 12 heteroatoms. The van der Waals surface area contributed by atoms with Crippen molar-refractivity contribution in [3.05, 3.63) is 42.0 Å². The number of nitrogens with one attached hydrogen (secondary N) is 1. The zero-order chi connectivity index (χ0) is 21.1. The topological polar surface area (TPSA) is 81.1 Å². The predicted octanol–water partition coefficient (Wildman–Crippen LogP) is 3.66. The molecule has 5 heterocycles. The van der Waals surface area contributed by atoms with Crippen molar-refractivity contribution in [1.29, 1.82) is 0 Å². The fraction of sp³-hybridized carbons (Fsp3) is 0.333. The molecule has 0 bridgehead atoms. The van der Waals surface area contributed by atoms with Crippen LogP contribution in [0.2, 0.25) is 0 Å². The number of rotatable bonds is 3. The summed E-state index contributed by atoms with van der Waals surface area (Å²) in [6, 6.07) is 3.39. The van der Waals surface area contributed by atoms with Crippen LogP contribution in [0.4, 0.5) is 22.0 Å². The minimum Gasteiger partial charge on any atom is -0.422 e. The Balaban J connectivity index is 1.81. The molecule has 156 valence electrons. The molecule has 4 aromatic heterocycles. The maximum atomic E-state index is 14.5. The zero-order valence-corrected chi connectivity index (χ0v) is 15.1. The normalized spacial score (nSPS) is 18.0. The SMILES string of the molecule is FC(F)(F)C(F)(F)c1cc(C2CCNC2)nc2c1ccc1nc(-c3nnco3)cn12. The number of hydrogen-bond donors (Lipinski definition) is 1. The number of imidazole rings is 1. The Morgan fingerprint density at radius 1 is 1.13 bits per heavy atom. The number of aromatic nitrogens is 5. The third-order valence-corrected chi connectivity index (χ3v) is 5.17. The van der Waals surface area contributed by atoms with Crippen LogP contribution < -0.4 is 5.32 Å². The third kappa shape index (κ3) is 2.82. The van der Waals surface area contributed by atoms with Gasteiger partial charge in [-0.05, 0) is 31.2 Å². The van der Waals surface area contributed by atoms with Gasteiger partial charge in [-0.3, -0.25) is 4.40 Å². The zero-order valence-electron chi connectivity index (χ0n) is 15.1. The van der Waals surface area contributed by atoms with Crippen molar-refractivity contribution in [3.8, 4) is 11.6 Å². The highest BCUT2D eigenvalue weighted by Gasteiger charge is 2.59. The van der Waals surface area contributed by atoms with Crippen molar-refractivity contribution in [2.24, 2.45) is 0 Å². The summed E-state index contributed by atoms with van der Waals surface area (Å²) in [7, 11) is 0. The highest BCUT2D eigenvalue weighted by molar-refractivity contribution is 5.84. The highest BCUT2D eigenvalue weighted by atomic mass is 19.4. The van der Waals surface area contributed by atoms with E-state index in [1.165, 1.54) is 22.7 Å². The summed E-state index contributed by atoms with van der Waals surface area (Å²) < 4.78 is 75.1. The lowest BCUT2D eigenvalue weighted by Crippen LogP contribution is -2.34. The Kier molecular flexibility index (Phi) is 4.04. The molecule has 5 rings (SSSR count). The molecule has 0 aliphatic carbocycles. The fourth-order valence-corrected chi connectivity index (χ4v) is 3.66. The standard InChI is InChI=1S/C18H13F5N6O/c19-17(20,18(21,22)23)11-5-12(9-3-4-24-6-9)27-15-10(11)1-2-14-26-13(7-29(14)15)16-28-25-8-30-16/h1-2,5,7-9,24H,3-4,6H2. The lowest BCUT2D eigenvalue weighted by molar-refractivity contribution is -0.288. The molecular formula is C18H13F5N6O. The first-order valence-corrected chi connectivity index (χ1v) is 9.01. The van der Waals surface area contributed by atoms with Crippen LogP contribution in [0.15, 0.2) is 35.2 Å². The van der Waals surface area contributed by atoms with Crippen LogP contribution in [0.3, 0.4) is 0 Å². The summed E-state index contributed by atoms with van der Waals surface area (Å²) in [6.45, 7) is 1.08. The van der Waals surface area contributed by atoms with Gasteiger partial charge in [-0.15, -0.1) is 10.2 Å². The second-order valence-corrected chi connectivity index (χ2v) is 7.03. The Hall–Kier alpha value is -3.15. The van der Waals surface area contributed by atoms with Crippen LogP contribution in [0, 0.1) is 0 Å². The van der Waals surface area contributed by atoms with Crippen LogP contribution in [0.25, 0.3) is 28.3 Å². The monoisotopic (exact) mass is 424 g/mol. The molecule has 30 heavy (non-hydrogen) atoms. The van der Waals surface area contributed by atoms with Gasteiger partial charge in [0, 0.05) is 35.3 Å². The smallest absolute Gasteiger partial charge is 0.422 e. The molecule has 4 aromatic rings. The molecule has 1 aliphatic heterocycles. The van der Waals surface area contributed by atoms with Crippen molar-refractivity contribution in [2.45, 2.75) is 24.4 Å². The van der Waals surface area contributed by atoms with Gasteiger partial charge in [0.05, 0.1) is 0 Å². The Morgan fingerprint density at radius 2 is 1.97 bits per heavy atom. The first-order chi connectivity index (χ1) is 14.3. The van der Waals surface area contributed by atoms with E-state index in [4.69, 9.17) is 4.42 Å². The van der Waals surface area contributed by atoms with Crippen molar-refractivity contribution in [3.63, 3.8) is 0 Å². The van der Waals surface area contributed by atoms with Crippen molar-refractivity contribution in [1.82, 2.24) is 29.9 Å². The first kappa shape index (κ1) is 18.9. The van der Waals surface area contributed by atoms with Gasteiger partial charge in [0.15, 0.2) is 0 Å². The fourth-order valence-electron chi connectivity index (χ4n) is 3.66. The molecule has 1 fully saturated rings. The van der Waals surface area contributed by atoms with E-state index in [0.29, 0.717) is 25.2 Å². The minimum absolute atomic E-state index is 0.0471. The highest BCUT2D eigenvalue weighted by Crippen LogP contribution is 2.46. The molecule has 1 aliphatic rings. The maximum absolute atomic E-state index is 14.5. The lowest BCUT2D eigenvalue weighted by atomic mass is 9.97. The number of pyridine rings is 2. The molecule has 0 radical (unpaired) electrons. The van der Waals surface area contributed by atoms with Crippen molar-refractivity contribution in [2.75, 3.05) is 13.1 Å². The molecule has 0 amide bonds. The van der Waals surface area contributed by atoms with Crippen LogP contribution in [-0.4, -0.2) is 43.8 Å². The van der Waals surface area contributed by atoms with Gasteiger partial charge in [-0.25, -0.2) is 9.97 Å². The second-order valence-electron chi connectivity index (χ2n) is 7.03. The average Bonchev–Trinajstić information content (AvgIpc) is 3.47. The number of alkyl halides is 5. The van der Waals surface area contributed by atoms with E-state index in [9.17, 15) is 22.0 Å². The summed E-state index contributed by atoms with van der Waals surface area (Å²) in [5.74, 6) is -5.23. The molecule has 0 aromatic carbocycles. The number of nitrogens with zero attached hydrogens (tertiary/aromatic N) is 5. The second kappa shape index (κ2) is 6.42. The number of halogens is 5. The van der Waals surface area contributed by atoms with Gasteiger partial charge < -0.3 is 9.73 Å². The van der Waals surface area contributed by atoms with E-state index in [1.807, 2.05) is 0 Å². The first-order valence-electron chi connectivity index (χ1n) is 9.01. The quantitative estimate of drug-likeness (QED) is 0.506. The van der Waals surface area contributed by atoms with Gasteiger partial charge in [-0.1, -0.05) is 0 Å². The van der Waals surface area contributed by atoms with E-state index in [-0.39, 0.29) is 34.2 Å². The largest absolute Gasteiger partial charge is 0.458 e. The lowest BCUT2D eigenvalue weighted by Gasteiger charge is -2.23. The van der Waals surface area contributed by atoms with E-state index in [1.54, 1.807) is 0 Å². The average molecular weight is 424 g/mol. The summed E-state index contributed by atoms with van der Waals surface area (Å²) in [4.78, 5) is 8.73. The molecular weight excluding hydrogens is 411 g/mol. The van der Waals surface area contributed by atoms with Crippen LogP contribution in [0.5, 0.6) is 0 Å². The van der Waals surface area contributed by atoms with Crippen LogP contribution >= 0.6 is 0 Å². The van der Waals surface area contributed by atoms with Gasteiger partial charge in [-0.2, -0.15) is 22.0 Å². The van der Waals surface area contributed by atoms with E-state index < -0.39 is 17.7 Å². The number of fused-ring (bicyclic) bond motifs is 3. The molecule has 1 saturated heterocycles. The van der Waals surface area contributed by atoms with Gasteiger partial charge in [0.1, 0.15) is 17.0 Å². The van der Waals surface area contributed by atoms with Crippen LogP contribution in [0.1, 0.15) is 23.6 Å². The van der Waals surface area contributed by atoms with Gasteiger partial charge >= 0.3 is 12.1 Å². The summed E-state index contributed by atoms with van der Waals surface area (Å²) in [5.41, 5.74) is -0.456. The number of hydrogen-bond acceptors (Lipinski definition) is 6. The van der Waals surface area contributed by atoms with Crippen molar-refractivity contribution < 1.29 is 26.4 Å². The summed E-state index contributed by atoms with van der Waals surface area (Å²) in [6.07, 6.45) is -2.64. The van der Waals surface area contributed by atoms with E-state index in [2.05, 4.69) is 25.5 Å². The van der Waals surface area contributed by atoms with E-state index >= 15 is 0 Å². The van der Waals surface area contributed by atoms with Gasteiger partial charge in [0.25, 0.3) is 5.89 Å². The Bertz CT molecular complexity index is 1230. The van der Waals surface area contributed by atoms with Crippen LogP contribution in [-0.2, 0) is 5.92 Å².